The van der Waals surface area contributed by atoms with Crippen LogP contribution >= 0.6 is 0 Å². The number of hydrogen-bond acceptors (Lipinski definition) is 3. The molecule has 1 aliphatic rings. The van der Waals surface area contributed by atoms with Gasteiger partial charge >= 0.3 is 0 Å². The van der Waals surface area contributed by atoms with Crippen molar-refractivity contribution >= 4 is 21.6 Å². The van der Waals surface area contributed by atoms with E-state index < -0.39 is 10.0 Å². The lowest BCUT2D eigenvalue weighted by Gasteiger charge is -2.12. The van der Waals surface area contributed by atoms with Gasteiger partial charge in [-0.3, -0.25) is 4.79 Å². The van der Waals surface area contributed by atoms with Crippen molar-refractivity contribution in [2.75, 3.05) is 5.32 Å². The summed E-state index contributed by atoms with van der Waals surface area (Å²) in [6.45, 7) is 1.99. The highest BCUT2D eigenvalue weighted by Crippen LogP contribution is 2.25. The van der Waals surface area contributed by atoms with E-state index in [4.69, 9.17) is 0 Å². The monoisotopic (exact) mass is 420 g/mol. The molecule has 0 heterocycles. The van der Waals surface area contributed by atoms with Gasteiger partial charge in [0.25, 0.3) is 5.91 Å². The molecule has 4 rings (SSSR count). The Morgan fingerprint density at radius 3 is 2.50 bits per heavy atom. The second kappa shape index (κ2) is 8.42. The minimum atomic E-state index is -3.74. The Morgan fingerprint density at radius 1 is 0.933 bits per heavy atom. The van der Waals surface area contributed by atoms with Crippen LogP contribution in [0.2, 0.25) is 0 Å². The SMILES string of the molecule is Cc1ccc(S(=O)(=O)NCc2ccccc2)cc1C(=O)Nc1ccc2c(c1)CCC2. The Morgan fingerprint density at radius 2 is 1.70 bits per heavy atom. The molecule has 154 valence electrons. The van der Waals surface area contributed by atoms with Crippen LogP contribution in [0, 0.1) is 6.92 Å². The average Bonchev–Trinajstić information content (AvgIpc) is 3.21. The van der Waals surface area contributed by atoms with Gasteiger partial charge in [0.05, 0.1) is 4.90 Å². The van der Waals surface area contributed by atoms with E-state index >= 15 is 0 Å². The maximum Gasteiger partial charge on any atom is 0.255 e. The number of benzene rings is 3. The fourth-order valence-electron chi connectivity index (χ4n) is 3.72. The van der Waals surface area contributed by atoms with Gasteiger partial charge in [-0.1, -0.05) is 42.5 Å². The van der Waals surface area contributed by atoms with E-state index in [0.717, 1.165) is 36.1 Å². The second-order valence-electron chi connectivity index (χ2n) is 7.58. The first-order chi connectivity index (χ1) is 14.4. The Balaban J connectivity index is 1.52. The van der Waals surface area contributed by atoms with Gasteiger partial charge in [-0.15, -0.1) is 0 Å². The summed E-state index contributed by atoms with van der Waals surface area (Å²) in [6.07, 6.45) is 3.25. The highest BCUT2D eigenvalue weighted by molar-refractivity contribution is 7.89. The lowest BCUT2D eigenvalue weighted by atomic mass is 10.1. The maximum absolute atomic E-state index is 12.9. The molecule has 3 aromatic rings. The Labute approximate surface area is 177 Å². The number of anilines is 1. The van der Waals surface area contributed by atoms with Crippen molar-refractivity contribution in [3.8, 4) is 0 Å². The number of aryl methyl sites for hydroxylation is 3. The molecule has 0 bridgehead atoms. The number of sulfonamides is 1. The molecule has 0 atom stereocenters. The third-order valence-electron chi connectivity index (χ3n) is 5.43. The summed E-state index contributed by atoms with van der Waals surface area (Å²) in [7, 11) is -3.74. The number of fused-ring (bicyclic) bond motifs is 1. The quantitative estimate of drug-likeness (QED) is 0.627. The summed E-state index contributed by atoms with van der Waals surface area (Å²) in [5, 5.41) is 2.91. The molecule has 1 amide bonds. The van der Waals surface area contributed by atoms with Crippen molar-refractivity contribution in [2.45, 2.75) is 37.6 Å². The van der Waals surface area contributed by atoms with Gasteiger partial charge in [0.2, 0.25) is 10.0 Å². The number of rotatable bonds is 6. The molecule has 6 heteroatoms. The Kier molecular flexibility index (Phi) is 5.70. The fraction of sp³-hybridized carbons (Fsp3) is 0.208. The van der Waals surface area contributed by atoms with E-state index in [-0.39, 0.29) is 17.3 Å². The second-order valence-corrected chi connectivity index (χ2v) is 9.34. The number of carbonyl (C=O) groups is 1. The van der Waals surface area contributed by atoms with Gasteiger partial charge in [0, 0.05) is 17.8 Å². The smallest absolute Gasteiger partial charge is 0.255 e. The zero-order valence-corrected chi connectivity index (χ0v) is 17.6. The van der Waals surface area contributed by atoms with E-state index in [1.807, 2.05) is 42.5 Å². The molecule has 5 nitrogen and oxygen atoms in total. The molecule has 0 aromatic heterocycles. The zero-order valence-electron chi connectivity index (χ0n) is 16.8. The van der Waals surface area contributed by atoms with Crippen LogP contribution in [0.5, 0.6) is 0 Å². The lowest BCUT2D eigenvalue weighted by Crippen LogP contribution is -2.24. The van der Waals surface area contributed by atoms with E-state index in [1.165, 1.54) is 23.3 Å². The van der Waals surface area contributed by atoms with Crippen molar-refractivity contribution in [2.24, 2.45) is 0 Å². The summed E-state index contributed by atoms with van der Waals surface area (Å²) in [5.41, 5.74) is 5.26. The van der Waals surface area contributed by atoms with E-state index in [0.29, 0.717) is 5.56 Å². The van der Waals surface area contributed by atoms with Gasteiger partial charge in [-0.2, -0.15) is 0 Å². The predicted molar refractivity (Wildman–Crippen MR) is 118 cm³/mol. The molecule has 2 N–H and O–H groups in total. The van der Waals surface area contributed by atoms with Crippen LogP contribution in [-0.4, -0.2) is 14.3 Å². The summed E-state index contributed by atoms with van der Waals surface area (Å²) in [4.78, 5) is 12.9. The first-order valence-corrected chi connectivity index (χ1v) is 11.5. The summed E-state index contributed by atoms with van der Waals surface area (Å²) < 4.78 is 28.1. The summed E-state index contributed by atoms with van der Waals surface area (Å²) in [6, 6.07) is 19.9. The van der Waals surface area contributed by atoms with Crippen molar-refractivity contribution in [3.63, 3.8) is 0 Å². The van der Waals surface area contributed by atoms with Gasteiger partial charge in [-0.05, 0) is 72.7 Å². The number of hydrogen-bond donors (Lipinski definition) is 2. The minimum absolute atomic E-state index is 0.0723. The number of nitrogens with one attached hydrogen (secondary N) is 2. The maximum atomic E-state index is 12.9. The van der Waals surface area contributed by atoms with E-state index in [2.05, 4.69) is 16.1 Å². The third kappa shape index (κ3) is 4.45. The Bertz CT molecular complexity index is 1190. The number of carbonyl (C=O) groups excluding carboxylic acids is 1. The lowest BCUT2D eigenvalue weighted by molar-refractivity contribution is 0.102. The molecular formula is C24H24N2O3S. The third-order valence-corrected chi connectivity index (χ3v) is 6.83. The highest BCUT2D eigenvalue weighted by atomic mass is 32.2. The molecule has 0 aliphatic heterocycles. The van der Waals surface area contributed by atoms with E-state index in [1.54, 1.807) is 13.0 Å². The predicted octanol–water partition coefficient (Wildman–Crippen LogP) is 4.21. The summed E-state index contributed by atoms with van der Waals surface area (Å²) >= 11 is 0. The molecule has 0 fully saturated rings. The fourth-order valence-corrected chi connectivity index (χ4v) is 4.76. The van der Waals surface area contributed by atoms with Crippen LogP contribution < -0.4 is 10.0 Å². The highest BCUT2D eigenvalue weighted by Gasteiger charge is 2.19. The van der Waals surface area contributed by atoms with Gasteiger partial charge in [0.1, 0.15) is 0 Å². The number of amides is 1. The molecular weight excluding hydrogens is 396 g/mol. The molecule has 3 aromatic carbocycles. The van der Waals surface area contributed by atoms with Crippen molar-refractivity contribution in [1.29, 1.82) is 0 Å². The van der Waals surface area contributed by atoms with Crippen molar-refractivity contribution in [3.05, 3.63) is 94.5 Å². The van der Waals surface area contributed by atoms with Crippen LogP contribution in [0.25, 0.3) is 0 Å². The van der Waals surface area contributed by atoms with Crippen LogP contribution in [-0.2, 0) is 29.4 Å². The van der Waals surface area contributed by atoms with Gasteiger partial charge in [0.15, 0.2) is 0 Å². The van der Waals surface area contributed by atoms with Crippen LogP contribution in [0.4, 0.5) is 5.69 Å². The van der Waals surface area contributed by atoms with Crippen LogP contribution in [0.3, 0.4) is 0 Å². The van der Waals surface area contributed by atoms with Crippen LogP contribution in [0.15, 0.2) is 71.6 Å². The molecule has 0 saturated carbocycles. The molecule has 0 spiro atoms. The van der Waals surface area contributed by atoms with Gasteiger partial charge in [-0.25, -0.2) is 13.1 Å². The molecule has 30 heavy (non-hydrogen) atoms. The minimum Gasteiger partial charge on any atom is -0.322 e. The first-order valence-electron chi connectivity index (χ1n) is 10.00. The van der Waals surface area contributed by atoms with Crippen LogP contribution in [0.1, 0.15) is 39.0 Å². The Hall–Kier alpha value is -2.96. The summed E-state index contributed by atoms with van der Waals surface area (Å²) in [5.74, 6) is -0.314. The van der Waals surface area contributed by atoms with E-state index in [9.17, 15) is 13.2 Å². The average molecular weight is 421 g/mol. The molecule has 0 saturated heterocycles. The van der Waals surface area contributed by atoms with Crippen molar-refractivity contribution in [1.82, 2.24) is 4.72 Å². The molecule has 0 radical (unpaired) electrons. The van der Waals surface area contributed by atoms with Gasteiger partial charge < -0.3 is 5.32 Å². The molecule has 1 aliphatic carbocycles. The normalized spacial score (nSPS) is 13.1. The van der Waals surface area contributed by atoms with Crippen molar-refractivity contribution < 1.29 is 13.2 Å². The largest absolute Gasteiger partial charge is 0.322 e. The topological polar surface area (TPSA) is 75.3 Å². The zero-order chi connectivity index (χ0) is 21.1. The molecule has 0 unspecified atom stereocenters. The first kappa shape index (κ1) is 20.3. The standard InChI is InChI=1S/C24H24N2O3S/c1-17-10-13-22(30(28,29)25-16-18-6-3-2-4-7-18)15-23(17)24(27)26-21-12-11-19-8-5-9-20(19)14-21/h2-4,6-7,10-15,25H,5,8-9,16H2,1H3,(H,26,27).